The Kier molecular flexibility index (Phi) is 9.20. The van der Waals surface area contributed by atoms with Crippen LogP contribution in [-0.2, 0) is 6.42 Å². The molecule has 0 unspecified atom stereocenters. The van der Waals surface area contributed by atoms with E-state index in [-0.39, 0.29) is 17.2 Å². The van der Waals surface area contributed by atoms with Gasteiger partial charge in [-0.2, -0.15) is 0 Å². The summed E-state index contributed by atoms with van der Waals surface area (Å²) in [5, 5.41) is 20.9. The molecule has 1 rings (SSSR count). The van der Waals surface area contributed by atoms with Crippen LogP contribution in [0.25, 0.3) is 0 Å². The van der Waals surface area contributed by atoms with Gasteiger partial charge in [-0.3, -0.25) is 0 Å². The van der Waals surface area contributed by atoms with Gasteiger partial charge in [0.1, 0.15) is 0 Å². The number of rotatable bonds is 12. The lowest BCUT2D eigenvalue weighted by Crippen LogP contribution is -2.08. The molecule has 1 aromatic carbocycles. The minimum Gasteiger partial charge on any atom is -0.504 e. The van der Waals surface area contributed by atoms with Gasteiger partial charge >= 0.3 is 0 Å². The van der Waals surface area contributed by atoms with Crippen LogP contribution >= 0.6 is 0 Å². The fourth-order valence-electron chi connectivity index (χ4n) is 2.32. The first-order valence-electron chi connectivity index (χ1n) is 9.11. The van der Waals surface area contributed by atoms with Gasteiger partial charge in [0.15, 0.2) is 11.5 Å². The number of phenolic OH excluding ortho intramolecular Hbond substituents is 2. The Bertz CT molecular complexity index is 454. The second-order valence-corrected chi connectivity index (χ2v) is 5.81. The fraction of sp³-hybridized carbons (Fsp3) is 0.684. The third-order valence-corrected chi connectivity index (χ3v) is 3.54. The summed E-state index contributed by atoms with van der Waals surface area (Å²) in [6.45, 7) is 9.52. The van der Waals surface area contributed by atoms with E-state index in [0.29, 0.717) is 43.3 Å². The monoisotopic (exact) mass is 340 g/mol. The Morgan fingerprint density at radius 3 is 1.62 bits per heavy atom. The topological polar surface area (TPSA) is 68.2 Å². The van der Waals surface area contributed by atoms with Crippen LogP contribution in [0.3, 0.4) is 0 Å². The van der Waals surface area contributed by atoms with Crippen molar-refractivity contribution in [3.63, 3.8) is 0 Å². The van der Waals surface area contributed by atoms with Gasteiger partial charge < -0.3 is 24.4 Å². The van der Waals surface area contributed by atoms with E-state index in [0.717, 1.165) is 32.1 Å². The molecule has 0 atom stereocenters. The van der Waals surface area contributed by atoms with Crippen LogP contribution in [0.1, 0.15) is 65.4 Å². The lowest BCUT2D eigenvalue weighted by atomic mass is 10.0. The molecule has 0 radical (unpaired) electrons. The van der Waals surface area contributed by atoms with Crippen LogP contribution in [0.5, 0.6) is 28.7 Å². The summed E-state index contributed by atoms with van der Waals surface area (Å²) >= 11 is 0. The quantitative estimate of drug-likeness (QED) is 0.535. The van der Waals surface area contributed by atoms with E-state index in [2.05, 4.69) is 6.92 Å². The summed E-state index contributed by atoms with van der Waals surface area (Å²) in [5.74, 6) is 0.656. The Morgan fingerprint density at radius 2 is 1.12 bits per heavy atom. The molecule has 0 bridgehead atoms. The molecular formula is C19H32O5. The van der Waals surface area contributed by atoms with E-state index in [1.807, 2.05) is 20.8 Å². The van der Waals surface area contributed by atoms with Crippen LogP contribution in [0.15, 0.2) is 0 Å². The number of hydrogen-bond acceptors (Lipinski definition) is 5. The van der Waals surface area contributed by atoms with Gasteiger partial charge in [0, 0.05) is 5.56 Å². The van der Waals surface area contributed by atoms with Crippen molar-refractivity contribution < 1.29 is 24.4 Å². The van der Waals surface area contributed by atoms with Crippen LogP contribution in [0, 0.1) is 0 Å². The Hall–Kier alpha value is -1.78. The summed E-state index contributed by atoms with van der Waals surface area (Å²) in [5.41, 5.74) is 0.595. The van der Waals surface area contributed by atoms with E-state index in [9.17, 15) is 10.2 Å². The van der Waals surface area contributed by atoms with E-state index in [1.165, 1.54) is 0 Å². The largest absolute Gasteiger partial charge is 0.504 e. The molecule has 5 nitrogen and oxygen atoms in total. The molecule has 0 spiro atoms. The maximum Gasteiger partial charge on any atom is 0.211 e. The van der Waals surface area contributed by atoms with Crippen molar-refractivity contribution in [1.29, 1.82) is 0 Å². The van der Waals surface area contributed by atoms with Gasteiger partial charge in [-0.05, 0) is 32.1 Å². The summed E-state index contributed by atoms with van der Waals surface area (Å²) in [6.07, 6.45) is 4.94. The molecule has 0 aliphatic heterocycles. The lowest BCUT2D eigenvalue weighted by Gasteiger charge is -2.22. The predicted molar refractivity (Wildman–Crippen MR) is 95.7 cm³/mol. The summed E-state index contributed by atoms with van der Waals surface area (Å²) < 4.78 is 17.4. The maximum atomic E-state index is 10.5. The molecular weight excluding hydrogens is 308 g/mol. The highest BCUT2D eigenvalue weighted by atomic mass is 16.5. The van der Waals surface area contributed by atoms with Crippen LogP contribution in [0.4, 0.5) is 0 Å². The molecule has 0 saturated carbocycles. The summed E-state index contributed by atoms with van der Waals surface area (Å²) in [7, 11) is 0. The van der Waals surface area contributed by atoms with E-state index in [4.69, 9.17) is 14.2 Å². The molecule has 0 heterocycles. The molecule has 0 fully saturated rings. The Balaban J connectivity index is 3.43. The number of phenols is 2. The molecule has 5 heteroatoms. The van der Waals surface area contributed by atoms with E-state index < -0.39 is 0 Å². The zero-order valence-corrected chi connectivity index (χ0v) is 15.5. The molecule has 0 saturated heterocycles. The van der Waals surface area contributed by atoms with Gasteiger partial charge in [-0.1, -0.05) is 34.1 Å². The molecule has 1 aromatic rings. The SMILES string of the molecule is CCCCc1c(O)c(O)c(OCCC)c(OCCC)c1OCCC. The van der Waals surface area contributed by atoms with E-state index in [1.54, 1.807) is 0 Å². The van der Waals surface area contributed by atoms with Crippen molar-refractivity contribution in [2.45, 2.75) is 66.2 Å². The van der Waals surface area contributed by atoms with Crippen molar-refractivity contribution >= 4 is 0 Å². The van der Waals surface area contributed by atoms with Crippen LogP contribution in [-0.4, -0.2) is 30.0 Å². The molecule has 24 heavy (non-hydrogen) atoms. The average molecular weight is 340 g/mol. The predicted octanol–water partition coefficient (Wildman–Crippen LogP) is 4.81. The fourth-order valence-corrected chi connectivity index (χ4v) is 2.32. The van der Waals surface area contributed by atoms with Crippen molar-refractivity contribution in [2.75, 3.05) is 19.8 Å². The first-order valence-corrected chi connectivity index (χ1v) is 9.11. The molecule has 0 amide bonds. The Morgan fingerprint density at radius 1 is 0.625 bits per heavy atom. The first-order chi connectivity index (χ1) is 11.6. The Labute approximate surface area is 145 Å². The molecule has 2 N–H and O–H groups in total. The molecule has 0 aliphatic carbocycles. The standard InChI is InChI=1S/C19H32O5/c1-5-9-10-14-15(20)16(21)18(23-12-7-3)19(24-13-8-4)17(14)22-11-6-2/h20-21H,5-13H2,1-4H3. The van der Waals surface area contributed by atoms with Crippen molar-refractivity contribution in [1.82, 2.24) is 0 Å². The van der Waals surface area contributed by atoms with Gasteiger partial charge in [0.2, 0.25) is 17.2 Å². The highest BCUT2D eigenvalue weighted by molar-refractivity contribution is 5.69. The maximum absolute atomic E-state index is 10.5. The third kappa shape index (κ3) is 5.11. The lowest BCUT2D eigenvalue weighted by molar-refractivity contribution is 0.230. The van der Waals surface area contributed by atoms with Crippen molar-refractivity contribution in [3.05, 3.63) is 5.56 Å². The second kappa shape index (κ2) is 10.9. The third-order valence-electron chi connectivity index (χ3n) is 3.54. The number of unbranched alkanes of at least 4 members (excludes halogenated alkanes) is 1. The first kappa shape index (κ1) is 20.3. The van der Waals surface area contributed by atoms with Crippen LogP contribution < -0.4 is 14.2 Å². The molecule has 138 valence electrons. The minimum atomic E-state index is -0.260. The smallest absolute Gasteiger partial charge is 0.211 e. The number of benzene rings is 1. The van der Waals surface area contributed by atoms with Gasteiger partial charge in [0.25, 0.3) is 0 Å². The number of aromatic hydroxyl groups is 2. The zero-order valence-electron chi connectivity index (χ0n) is 15.5. The highest BCUT2D eigenvalue weighted by Gasteiger charge is 2.27. The average Bonchev–Trinajstić information content (AvgIpc) is 2.59. The molecule has 0 aromatic heterocycles. The van der Waals surface area contributed by atoms with Crippen molar-refractivity contribution in [2.24, 2.45) is 0 Å². The summed E-state index contributed by atoms with van der Waals surface area (Å²) in [4.78, 5) is 0. The van der Waals surface area contributed by atoms with Gasteiger partial charge in [-0.25, -0.2) is 0 Å². The van der Waals surface area contributed by atoms with Crippen LogP contribution in [0.2, 0.25) is 0 Å². The minimum absolute atomic E-state index is 0.162. The van der Waals surface area contributed by atoms with Gasteiger partial charge in [-0.15, -0.1) is 0 Å². The van der Waals surface area contributed by atoms with E-state index >= 15 is 0 Å². The summed E-state index contributed by atoms with van der Waals surface area (Å²) in [6, 6.07) is 0. The molecule has 0 aliphatic rings. The number of hydrogen-bond donors (Lipinski definition) is 2. The zero-order chi connectivity index (χ0) is 17.9. The number of ether oxygens (including phenoxy) is 3. The second-order valence-electron chi connectivity index (χ2n) is 5.81. The van der Waals surface area contributed by atoms with Gasteiger partial charge in [0.05, 0.1) is 19.8 Å². The normalized spacial score (nSPS) is 10.7. The highest BCUT2D eigenvalue weighted by Crippen LogP contribution is 2.53. The van der Waals surface area contributed by atoms with Crippen molar-refractivity contribution in [3.8, 4) is 28.7 Å².